The quantitative estimate of drug-likeness (QED) is 0.827. The Bertz CT molecular complexity index is 450. The highest BCUT2D eigenvalue weighted by Crippen LogP contribution is 2.24. The van der Waals surface area contributed by atoms with Gasteiger partial charge in [0.2, 0.25) is 5.91 Å². The summed E-state index contributed by atoms with van der Waals surface area (Å²) in [6.07, 6.45) is 1.99. The van der Waals surface area contributed by atoms with Crippen LogP contribution >= 0.6 is 0 Å². The number of anilines is 1. The van der Waals surface area contributed by atoms with Crippen molar-refractivity contribution in [2.75, 3.05) is 31.6 Å². The summed E-state index contributed by atoms with van der Waals surface area (Å²) in [4.78, 5) is 14.1. The zero-order valence-electron chi connectivity index (χ0n) is 11.8. The molecule has 1 aliphatic heterocycles. The topological polar surface area (TPSA) is 61.8 Å². The monoisotopic (exact) mass is 278 g/mol. The summed E-state index contributed by atoms with van der Waals surface area (Å²) >= 11 is 0. The number of nitrogens with one attached hydrogen (secondary N) is 1. The third-order valence-electron chi connectivity index (χ3n) is 3.52. The van der Waals surface area contributed by atoms with Gasteiger partial charge in [0, 0.05) is 6.04 Å². The van der Waals surface area contributed by atoms with Gasteiger partial charge in [-0.2, -0.15) is 0 Å². The van der Waals surface area contributed by atoms with Crippen LogP contribution in [0.3, 0.4) is 0 Å². The largest absolute Gasteiger partial charge is 0.492 e. The van der Waals surface area contributed by atoms with E-state index < -0.39 is 0 Å². The van der Waals surface area contributed by atoms with E-state index in [9.17, 15) is 9.90 Å². The second kappa shape index (κ2) is 7.26. The van der Waals surface area contributed by atoms with Crippen molar-refractivity contribution >= 4 is 11.6 Å². The lowest BCUT2D eigenvalue weighted by atomic mass is 10.2. The van der Waals surface area contributed by atoms with Crippen LogP contribution in [-0.2, 0) is 4.79 Å². The molecule has 2 N–H and O–H groups in total. The Morgan fingerprint density at radius 3 is 3.05 bits per heavy atom. The number of carbonyl (C=O) groups is 1. The number of hydrogen-bond acceptors (Lipinski definition) is 4. The Morgan fingerprint density at radius 2 is 2.30 bits per heavy atom. The second-order valence-electron chi connectivity index (χ2n) is 4.93. The van der Waals surface area contributed by atoms with E-state index in [0.717, 1.165) is 19.4 Å². The lowest BCUT2D eigenvalue weighted by Crippen LogP contribution is -2.38. The fourth-order valence-electron chi connectivity index (χ4n) is 2.54. The van der Waals surface area contributed by atoms with Crippen LogP contribution in [-0.4, -0.2) is 48.3 Å². The molecule has 0 aromatic heterocycles. The number of aliphatic hydroxyl groups excluding tert-OH is 1. The number of rotatable bonds is 6. The predicted octanol–water partition coefficient (Wildman–Crippen LogP) is 1.48. The first-order chi connectivity index (χ1) is 9.74. The highest BCUT2D eigenvalue weighted by atomic mass is 16.5. The average molecular weight is 278 g/mol. The molecule has 1 amide bonds. The first-order valence-electron chi connectivity index (χ1n) is 7.11. The number of para-hydroxylation sites is 2. The average Bonchev–Trinajstić information content (AvgIpc) is 2.88. The first kappa shape index (κ1) is 14.8. The van der Waals surface area contributed by atoms with Crippen molar-refractivity contribution in [3.05, 3.63) is 24.3 Å². The van der Waals surface area contributed by atoms with Gasteiger partial charge in [-0.1, -0.05) is 12.1 Å². The molecule has 0 bridgehead atoms. The Hall–Kier alpha value is -1.59. The Labute approximate surface area is 119 Å². The van der Waals surface area contributed by atoms with E-state index >= 15 is 0 Å². The molecule has 5 heteroatoms. The van der Waals surface area contributed by atoms with Crippen LogP contribution in [0.4, 0.5) is 5.69 Å². The van der Waals surface area contributed by atoms with E-state index in [1.807, 2.05) is 36.1 Å². The van der Waals surface area contributed by atoms with Gasteiger partial charge in [-0.05, 0) is 38.4 Å². The lowest BCUT2D eigenvalue weighted by molar-refractivity contribution is -0.117. The van der Waals surface area contributed by atoms with Gasteiger partial charge in [-0.15, -0.1) is 0 Å². The molecule has 20 heavy (non-hydrogen) atoms. The summed E-state index contributed by atoms with van der Waals surface area (Å²) in [7, 11) is 0. The minimum Gasteiger partial charge on any atom is -0.492 e. The highest BCUT2D eigenvalue weighted by Gasteiger charge is 2.25. The van der Waals surface area contributed by atoms with Crippen LogP contribution in [0, 0.1) is 0 Å². The molecule has 1 aromatic carbocycles. The van der Waals surface area contributed by atoms with Gasteiger partial charge in [-0.3, -0.25) is 9.69 Å². The highest BCUT2D eigenvalue weighted by molar-refractivity contribution is 5.93. The summed E-state index contributed by atoms with van der Waals surface area (Å²) < 4.78 is 5.48. The number of amides is 1. The summed E-state index contributed by atoms with van der Waals surface area (Å²) in [6.45, 7) is 3.76. The SMILES string of the molecule is CCOc1ccccc1NC(=O)CN1CCC[C@@H]1CO. The van der Waals surface area contributed by atoms with Gasteiger partial charge in [0.1, 0.15) is 5.75 Å². The molecule has 2 rings (SSSR count). The van der Waals surface area contributed by atoms with Crippen molar-refractivity contribution in [1.82, 2.24) is 4.90 Å². The van der Waals surface area contributed by atoms with Crippen molar-refractivity contribution in [3.63, 3.8) is 0 Å². The minimum absolute atomic E-state index is 0.0718. The maximum absolute atomic E-state index is 12.1. The molecule has 0 radical (unpaired) electrons. The van der Waals surface area contributed by atoms with E-state index in [-0.39, 0.29) is 18.6 Å². The second-order valence-corrected chi connectivity index (χ2v) is 4.93. The maximum Gasteiger partial charge on any atom is 0.238 e. The van der Waals surface area contributed by atoms with Gasteiger partial charge in [0.25, 0.3) is 0 Å². The van der Waals surface area contributed by atoms with E-state index in [1.165, 1.54) is 0 Å². The molecule has 1 fully saturated rings. The minimum atomic E-state index is -0.0718. The van der Waals surface area contributed by atoms with Crippen molar-refractivity contribution in [3.8, 4) is 5.75 Å². The number of likely N-dealkylation sites (tertiary alicyclic amines) is 1. The fourth-order valence-corrected chi connectivity index (χ4v) is 2.54. The molecule has 1 atom stereocenters. The number of carbonyl (C=O) groups excluding carboxylic acids is 1. The molecule has 0 saturated carbocycles. The Balaban J connectivity index is 1.94. The van der Waals surface area contributed by atoms with E-state index in [1.54, 1.807) is 0 Å². The summed E-state index contributed by atoms with van der Waals surface area (Å²) in [5.74, 6) is 0.612. The smallest absolute Gasteiger partial charge is 0.238 e. The van der Waals surface area contributed by atoms with Gasteiger partial charge in [0.15, 0.2) is 0 Å². The molecule has 1 saturated heterocycles. The Kier molecular flexibility index (Phi) is 5.38. The molecular weight excluding hydrogens is 256 g/mol. The van der Waals surface area contributed by atoms with Crippen LogP contribution in [0.5, 0.6) is 5.75 Å². The van der Waals surface area contributed by atoms with Crippen molar-refractivity contribution in [1.29, 1.82) is 0 Å². The van der Waals surface area contributed by atoms with Crippen LogP contribution in [0.1, 0.15) is 19.8 Å². The molecule has 110 valence electrons. The van der Waals surface area contributed by atoms with Gasteiger partial charge in [0.05, 0.1) is 25.4 Å². The first-order valence-corrected chi connectivity index (χ1v) is 7.11. The number of nitrogens with zero attached hydrogens (tertiary/aromatic N) is 1. The number of hydrogen-bond donors (Lipinski definition) is 2. The van der Waals surface area contributed by atoms with Gasteiger partial charge in [-0.25, -0.2) is 0 Å². The van der Waals surface area contributed by atoms with Gasteiger partial charge < -0.3 is 15.2 Å². The number of benzene rings is 1. The lowest BCUT2D eigenvalue weighted by Gasteiger charge is -2.22. The number of ether oxygens (including phenoxy) is 1. The zero-order valence-corrected chi connectivity index (χ0v) is 11.8. The van der Waals surface area contributed by atoms with Crippen LogP contribution in [0.25, 0.3) is 0 Å². The summed E-state index contributed by atoms with van der Waals surface area (Å²) in [5.41, 5.74) is 0.694. The molecule has 5 nitrogen and oxygen atoms in total. The standard InChI is InChI=1S/C15H22N2O3/c1-2-20-14-8-4-3-7-13(14)16-15(19)10-17-9-5-6-12(17)11-18/h3-4,7-8,12,18H,2,5-6,9-11H2,1H3,(H,16,19)/t12-/m1/s1. The number of aliphatic hydroxyl groups is 1. The normalized spacial score (nSPS) is 19.0. The molecule has 1 aromatic rings. The predicted molar refractivity (Wildman–Crippen MR) is 77.9 cm³/mol. The summed E-state index contributed by atoms with van der Waals surface area (Å²) in [5, 5.41) is 12.1. The van der Waals surface area contributed by atoms with E-state index in [2.05, 4.69) is 5.32 Å². The molecule has 0 spiro atoms. The molecule has 1 aliphatic rings. The van der Waals surface area contributed by atoms with Crippen molar-refractivity contribution in [2.45, 2.75) is 25.8 Å². The Morgan fingerprint density at radius 1 is 1.50 bits per heavy atom. The molecule has 0 unspecified atom stereocenters. The van der Waals surface area contributed by atoms with Crippen LogP contribution < -0.4 is 10.1 Å². The summed E-state index contributed by atoms with van der Waals surface area (Å²) in [6, 6.07) is 7.53. The van der Waals surface area contributed by atoms with Crippen LogP contribution in [0.15, 0.2) is 24.3 Å². The van der Waals surface area contributed by atoms with E-state index in [0.29, 0.717) is 24.6 Å². The van der Waals surface area contributed by atoms with Crippen molar-refractivity contribution < 1.29 is 14.6 Å². The fraction of sp³-hybridized carbons (Fsp3) is 0.533. The zero-order chi connectivity index (χ0) is 14.4. The molecular formula is C15H22N2O3. The maximum atomic E-state index is 12.1. The molecule has 1 heterocycles. The third kappa shape index (κ3) is 3.71. The van der Waals surface area contributed by atoms with Crippen LogP contribution in [0.2, 0.25) is 0 Å². The van der Waals surface area contributed by atoms with Crippen molar-refractivity contribution in [2.24, 2.45) is 0 Å². The third-order valence-corrected chi connectivity index (χ3v) is 3.52. The van der Waals surface area contributed by atoms with Gasteiger partial charge >= 0.3 is 0 Å². The molecule has 0 aliphatic carbocycles. The van der Waals surface area contributed by atoms with E-state index in [4.69, 9.17) is 4.74 Å².